The van der Waals surface area contributed by atoms with E-state index in [1.807, 2.05) is 18.6 Å². The number of hydrogen-bond acceptors (Lipinski definition) is 2. The van der Waals surface area contributed by atoms with Gasteiger partial charge in [0.1, 0.15) is 5.82 Å². The molecular formula is C15H18N4. The first-order chi connectivity index (χ1) is 9.29. The molecule has 0 aliphatic heterocycles. The first-order valence-corrected chi connectivity index (χ1v) is 6.70. The standard InChI is InChI=1S/C15H18N4/c1-3-8-18-11-16-9-13(18)10-19-12(2)17-14-6-4-5-7-15(14)19/h4-7,9,11H,3,8,10H2,1-2H3. The third kappa shape index (κ3) is 2.14. The SMILES string of the molecule is CCCn1cncc1Cn1c(C)nc2ccccc21. The fourth-order valence-corrected chi connectivity index (χ4v) is 2.48. The van der Waals surface area contributed by atoms with Gasteiger partial charge in [-0.3, -0.25) is 0 Å². The predicted molar refractivity (Wildman–Crippen MR) is 76.1 cm³/mol. The highest BCUT2D eigenvalue weighted by Crippen LogP contribution is 2.17. The number of imidazole rings is 2. The molecule has 0 bridgehead atoms. The lowest BCUT2D eigenvalue weighted by atomic mass is 10.3. The van der Waals surface area contributed by atoms with Gasteiger partial charge < -0.3 is 9.13 Å². The van der Waals surface area contributed by atoms with Crippen molar-refractivity contribution in [3.05, 3.63) is 48.3 Å². The Bertz CT molecular complexity index is 693. The van der Waals surface area contributed by atoms with Gasteiger partial charge in [-0.2, -0.15) is 0 Å². The molecule has 0 saturated heterocycles. The number of rotatable bonds is 4. The second-order valence-electron chi connectivity index (χ2n) is 4.81. The summed E-state index contributed by atoms with van der Waals surface area (Å²) in [5, 5.41) is 0. The van der Waals surface area contributed by atoms with Crippen molar-refractivity contribution in [3.8, 4) is 0 Å². The van der Waals surface area contributed by atoms with Gasteiger partial charge in [-0.15, -0.1) is 0 Å². The summed E-state index contributed by atoms with van der Waals surface area (Å²) in [6.45, 7) is 6.08. The number of aryl methyl sites for hydroxylation is 2. The Morgan fingerprint density at radius 3 is 2.89 bits per heavy atom. The van der Waals surface area contributed by atoms with Crippen LogP contribution in [0.2, 0.25) is 0 Å². The molecule has 0 radical (unpaired) electrons. The van der Waals surface area contributed by atoms with E-state index in [9.17, 15) is 0 Å². The maximum Gasteiger partial charge on any atom is 0.107 e. The Balaban J connectivity index is 2.01. The first-order valence-electron chi connectivity index (χ1n) is 6.70. The molecule has 2 heterocycles. The van der Waals surface area contributed by atoms with Crippen molar-refractivity contribution in [1.82, 2.24) is 19.1 Å². The normalized spacial score (nSPS) is 11.3. The van der Waals surface area contributed by atoms with Crippen LogP contribution >= 0.6 is 0 Å². The molecule has 3 rings (SSSR count). The Labute approximate surface area is 112 Å². The molecule has 19 heavy (non-hydrogen) atoms. The average Bonchev–Trinajstić information content (AvgIpc) is 2.97. The summed E-state index contributed by atoms with van der Waals surface area (Å²) in [5.41, 5.74) is 3.47. The van der Waals surface area contributed by atoms with Gasteiger partial charge in [0.05, 0.1) is 29.6 Å². The second-order valence-corrected chi connectivity index (χ2v) is 4.81. The van der Waals surface area contributed by atoms with Gasteiger partial charge in [-0.05, 0) is 25.5 Å². The minimum Gasteiger partial charge on any atom is -0.333 e. The van der Waals surface area contributed by atoms with Crippen LogP contribution in [0, 0.1) is 6.92 Å². The molecule has 0 saturated carbocycles. The molecule has 0 spiro atoms. The largest absolute Gasteiger partial charge is 0.333 e. The van der Waals surface area contributed by atoms with E-state index >= 15 is 0 Å². The smallest absolute Gasteiger partial charge is 0.107 e. The molecule has 0 N–H and O–H groups in total. The zero-order chi connectivity index (χ0) is 13.2. The average molecular weight is 254 g/mol. The zero-order valence-electron chi connectivity index (χ0n) is 11.4. The summed E-state index contributed by atoms with van der Waals surface area (Å²) < 4.78 is 4.46. The number of benzene rings is 1. The molecule has 2 aromatic heterocycles. The van der Waals surface area contributed by atoms with E-state index < -0.39 is 0 Å². The highest BCUT2D eigenvalue weighted by Gasteiger charge is 2.09. The third-order valence-corrected chi connectivity index (χ3v) is 3.43. The van der Waals surface area contributed by atoms with Crippen LogP contribution in [0.15, 0.2) is 36.8 Å². The molecule has 3 aromatic rings. The highest BCUT2D eigenvalue weighted by molar-refractivity contribution is 5.75. The zero-order valence-corrected chi connectivity index (χ0v) is 11.4. The van der Waals surface area contributed by atoms with E-state index in [-0.39, 0.29) is 0 Å². The van der Waals surface area contributed by atoms with E-state index in [1.165, 1.54) is 11.2 Å². The highest BCUT2D eigenvalue weighted by atomic mass is 15.1. The van der Waals surface area contributed by atoms with E-state index in [4.69, 9.17) is 0 Å². The number of aromatic nitrogens is 4. The Hall–Kier alpha value is -2.10. The number of hydrogen-bond donors (Lipinski definition) is 0. The molecule has 0 unspecified atom stereocenters. The van der Waals surface area contributed by atoms with E-state index in [0.717, 1.165) is 30.9 Å². The van der Waals surface area contributed by atoms with Crippen LogP contribution in [0.25, 0.3) is 11.0 Å². The molecule has 4 heteroatoms. The van der Waals surface area contributed by atoms with Crippen molar-refractivity contribution < 1.29 is 0 Å². The van der Waals surface area contributed by atoms with Gasteiger partial charge in [0.25, 0.3) is 0 Å². The van der Waals surface area contributed by atoms with Crippen molar-refractivity contribution in [3.63, 3.8) is 0 Å². The second kappa shape index (κ2) is 4.88. The van der Waals surface area contributed by atoms with E-state index in [0.29, 0.717) is 0 Å². The monoisotopic (exact) mass is 254 g/mol. The molecule has 98 valence electrons. The van der Waals surface area contributed by atoms with Crippen LogP contribution in [0.1, 0.15) is 24.9 Å². The lowest BCUT2D eigenvalue weighted by molar-refractivity contribution is 0.623. The minimum atomic E-state index is 0.826. The summed E-state index contributed by atoms with van der Waals surface area (Å²) in [6, 6.07) is 8.27. The first kappa shape index (κ1) is 12.0. The number of para-hydroxylation sites is 2. The van der Waals surface area contributed by atoms with Crippen LogP contribution in [0.4, 0.5) is 0 Å². The predicted octanol–water partition coefficient (Wildman–Crippen LogP) is 3.00. The Morgan fingerprint density at radius 2 is 2.05 bits per heavy atom. The maximum absolute atomic E-state index is 4.60. The van der Waals surface area contributed by atoms with Crippen molar-refractivity contribution in [2.24, 2.45) is 0 Å². The van der Waals surface area contributed by atoms with Crippen LogP contribution < -0.4 is 0 Å². The summed E-state index contributed by atoms with van der Waals surface area (Å²) >= 11 is 0. The van der Waals surface area contributed by atoms with Gasteiger partial charge in [0.15, 0.2) is 0 Å². The third-order valence-electron chi connectivity index (χ3n) is 3.43. The quantitative estimate of drug-likeness (QED) is 0.717. The molecular weight excluding hydrogens is 236 g/mol. The van der Waals surface area contributed by atoms with E-state index in [1.54, 1.807) is 0 Å². The van der Waals surface area contributed by atoms with Crippen molar-refractivity contribution in [1.29, 1.82) is 0 Å². The van der Waals surface area contributed by atoms with Crippen LogP contribution in [-0.2, 0) is 13.1 Å². The number of fused-ring (bicyclic) bond motifs is 1. The van der Waals surface area contributed by atoms with Gasteiger partial charge >= 0.3 is 0 Å². The van der Waals surface area contributed by atoms with Gasteiger partial charge in [0.2, 0.25) is 0 Å². The van der Waals surface area contributed by atoms with Crippen LogP contribution in [0.3, 0.4) is 0 Å². The molecule has 0 amide bonds. The summed E-state index contributed by atoms with van der Waals surface area (Å²) in [7, 11) is 0. The van der Waals surface area contributed by atoms with Crippen molar-refractivity contribution in [2.75, 3.05) is 0 Å². The molecule has 0 atom stereocenters. The topological polar surface area (TPSA) is 35.6 Å². The Morgan fingerprint density at radius 1 is 1.21 bits per heavy atom. The molecule has 0 fully saturated rings. The fourth-order valence-electron chi connectivity index (χ4n) is 2.48. The summed E-state index contributed by atoms with van der Waals surface area (Å²) in [4.78, 5) is 8.86. The lowest BCUT2D eigenvalue weighted by Gasteiger charge is -2.09. The Kier molecular flexibility index (Phi) is 3.07. The maximum atomic E-state index is 4.60. The molecule has 0 aliphatic carbocycles. The van der Waals surface area contributed by atoms with Crippen LogP contribution in [-0.4, -0.2) is 19.1 Å². The van der Waals surface area contributed by atoms with Gasteiger partial charge in [-0.25, -0.2) is 9.97 Å². The van der Waals surface area contributed by atoms with Gasteiger partial charge in [0, 0.05) is 12.7 Å². The molecule has 1 aromatic carbocycles. The minimum absolute atomic E-state index is 0.826. The van der Waals surface area contributed by atoms with Crippen molar-refractivity contribution in [2.45, 2.75) is 33.4 Å². The van der Waals surface area contributed by atoms with Gasteiger partial charge in [-0.1, -0.05) is 19.1 Å². The van der Waals surface area contributed by atoms with Crippen LogP contribution in [0.5, 0.6) is 0 Å². The lowest BCUT2D eigenvalue weighted by Crippen LogP contribution is -2.08. The fraction of sp³-hybridized carbons (Fsp3) is 0.333. The molecule has 0 aliphatic rings. The number of nitrogens with zero attached hydrogens (tertiary/aromatic N) is 4. The summed E-state index contributed by atoms with van der Waals surface area (Å²) in [6.07, 6.45) is 4.98. The van der Waals surface area contributed by atoms with E-state index in [2.05, 4.69) is 51.1 Å². The van der Waals surface area contributed by atoms with Crippen molar-refractivity contribution >= 4 is 11.0 Å². The summed E-state index contributed by atoms with van der Waals surface area (Å²) in [5.74, 6) is 1.05. The molecule has 4 nitrogen and oxygen atoms in total.